The Morgan fingerprint density at radius 1 is 1.03 bits per heavy atom. The molecule has 33 heavy (non-hydrogen) atoms. The summed E-state index contributed by atoms with van der Waals surface area (Å²) in [5, 5.41) is 34.0. The zero-order valence-electron chi connectivity index (χ0n) is 20.2. The van der Waals surface area contributed by atoms with E-state index in [1.807, 2.05) is 0 Å². The van der Waals surface area contributed by atoms with E-state index < -0.39 is 17.1 Å². The SMILES string of the molecule is C[C@]12CC[C@H](N3CCC(O)C3)C[C@H]1CC[C@@H]1[C@@H]2C[C@@H](O)[C@]2(C)[C@@H](C3=CC(=O)OC3)CC[C@]12O. The number of nitrogens with zero attached hydrogens (tertiary/aromatic N) is 1. The van der Waals surface area contributed by atoms with E-state index >= 15 is 0 Å². The maximum Gasteiger partial charge on any atom is 0.331 e. The van der Waals surface area contributed by atoms with Gasteiger partial charge in [-0.2, -0.15) is 0 Å². The van der Waals surface area contributed by atoms with Gasteiger partial charge in [0.2, 0.25) is 0 Å². The Morgan fingerprint density at radius 3 is 2.55 bits per heavy atom. The molecule has 3 N–H and O–H groups in total. The van der Waals surface area contributed by atoms with Crippen LogP contribution in [-0.2, 0) is 9.53 Å². The lowest BCUT2D eigenvalue weighted by Gasteiger charge is -2.65. The number of fused-ring (bicyclic) bond motifs is 5. The van der Waals surface area contributed by atoms with Crippen LogP contribution in [0.1, 0.15) is 71.6 Å². The Kier molecular flexibility index (Phi) is 5.13. The first-order chi connectivity index (χ1) is 15.7. The molecule has 2 aliphatic heterocycles. The summed E-state index contributed by atoms with van der Waals surface area (Å²) in [5.74, 6) is 0.885. The van der Waals surface area contributed by atoms with Gasteiger partial charge in [0.1, 0.15) is 6.61 Å². The highest BCUT2D eigenvalue weighted by Gasteiger charge is 2.70. The number of esters is 1. The standard InChI is InChI=1S/C27H41NO5/c1-25-8-5-18(28-10-7-19(29)14-28)12-17(25)3-4-21-22(25)13-23(30)26(2)20(6-9-27(21,26)32)16-11-24(31)33-15-16/h11,17-23,29-30,32H,3-10,12-15H2,1-2H3/t17-,18+,19?,20-,21-,22+,23-,25+,26+,27+/m1/s1. The highest BCUT2D eigenvalue weighted by atomic mass is 16.5. The summed E-state index contributed by atoms with van der Waals surface area (Å²) in [7, 11) is 0. The van der Waals surface area contributed by atoms with E-state index in [1.54, 1.807) is 6.08 Å². The van der Waals surface area contributed by atoms with E-state index in [4.69, 9.17) is 4.74 Å². The van der Waals surface area contributed by atoms with Crippen molar-refractivity contribution in [2.24, 2.45) is 34.5 Å². The van der Waals surface area contributed by atoms with Crippen LogP contribution in [0.15, 0.2) is 11.6 Å². The van der Waals surface area contributed by atoms with Gasteiger partial charge < -0.3 is 20.1 Å². The molecular weight excluding hydrogens is 418 g/mol. The number of β-amino-alcohol motifs (C(OH)–C–C–N with tert-alkyl or cyclic N) is 1. The topological polar surface area (TPSA) is 90.2 Å². The van der Waals surface area contributed by atoms with Crippen LogP contribution in [0.2, 0.25) is 0 Å². The molecule has 2 heterocycles. The molecule has 0 aromatic rings. The Hall–Kier alpha value is -0.950. The molecule has 6 aliphatic rings. The fraction of sp³-hybridized carbons (Fsp3) is 0.889. The van der Waals surface area contributed by atoms with Gasteiger partial charge in [0.15, 0.2) is 0 Å². The Balaban J connectivity index is 1.26. The normalized spacial score (nSPS) is 54.4. The summed E-state index contributed by atoms with van der Waals surface area (Å²) in [6.45, 7) is 6.67. The molecule has 0 spiro atoms. The molecule has 6 heteroatoms. The van der Waals surface area contributed by atoms with Gasteiger partial charge in [0, 0.05) is 30.6 Å². The van der Waals surface area contributed by atoms with Crippen molar-refractivity contribution in [3.05, 3.63) is 11.6 Å². The average Bonchev–Trinajstić information content (AvgIpc) is 3.47. The predicted molar refractivity (Wildman–Crippen MR) is 123 cm³/mol. The Morgan fingerprint density at radius 2 is 1.85 bits per heavy atom. The fourth-order valence-corrected chi connectivity index (χ4v) is 9.80. The quantitative estimate of drug-likeness (QED) is 0.550. The minimum atomic E-state index is -0.892. The smallest absolute Gasteiger partial charge is 0.331 e. The van der Waals surface area contributed by atoms with Crippen molar-refractivity contribution < 1.29 is 24.9 Å². The third-order valence-corrected chi connectivity index (χ3v) is 11.8. The lowest BCUT2D eigenvalue weighted by atomic mass is 9.42. The van der Waals surface area contributed by atoms with Crippen LogP contribution in [0.3, 0.4) is 0 Å². The van der Waals surface area contributed by atoms with Crippen LogP contribution < -0.4 is 0 Å². The maximum atomic E-state index is 12.3. The third-order valence-electron chi connectivity index (χ3n) is 11.8. The van der Waals surface area contributed by atoms with Gasteiger partial charge in [-0.1, -0.05) is 13.8 Å². The molecule has 5 fully saturated rings. The largest absolute Gasteiger partial charge is 0.458 e. The molecule has 0 bridgehead atoms. The van der Waals surface area contributed by atoms with E-state index in [0.717, 1.165) is 63.6 Å². The number of carbonyl (C=O) groups excluding carboxylic acids is 1. The molecule has 4 saturated carbocycles. The van der Waals surface area contributed by atoms with Gasteiger partial charge in [-0.3, -0.25) is 4.90 Å². The number of likely N-dealkylation sites (tertiary alicyclic amines) is 1. The van der Waals surface area contributed by atoms with Crippen molar-refractivity contribution in [1.82, 2.24) is 4.90 Å². The van der Waals surface area contributed by atoms with Crippen molar-refractivity contribution >= 4 is 5.97 Å². The second-order valence-electron chi connectivity index (χ2n) is 12.7. The van der Waals surface area contributed by atoms with Crippen LogP contribution in [0.25, 0.3) is 0 Å². The Labute approximate surface area is 197 Å². The van der Waals surface area contributed by atoms with Crippen LogP contribution in [0, 0.1) is 34.5 Å². The van der Waals surface area contributed by atoms with E-state index in [2.05, 4.69) is 18.7 Å². The summed E-state index contributed by atoms with van der Waals surface area (Å²) in [4.78, 5) is 14.3. The highest BCUT2D eigenvalue weighted by molar-refractivity contribution is 5.85. The van der Waals surface area contributed by atoms with Gasteiger partial charge >= 0.3 is 5.97 Å². The number of hydrogen-bond donors (Lipinski definition) is 3. The number of carbonyl (C=O) groups is 1. The van der Waals surface area contributed by atoms with Crippen LogP contribution >= 0.6 is 0 Å². The molecular formula is C27H41NO5. The van der Waals surface area contributed by atoms with Crippen molar-refractivity contribution in [2.45, 2.75) is 95.5 Å². The van der Waals surface area contributed by atoms with Gasteiger partial charge in [-0.15, -0.1) is 0 Å². The molecule has 6 nitrogen and oxygen atoms in total. The molecule has 1 saturated heterocycles. The summed E-state index contributed by atoms with van der Waals surface area (Å²) in [6.07, 6.45) is 9.70. The van der Waals surface area contributed by atoms with Crippen LogP contribution in [-0.4, -0.2) is 69.7 Å². The second-order valence-corrected chi connectivity index (χ2v) is 12.7. The molecule has 0 aromatic carbocycles. The summed E-state index contributed by atoms with van der Waals surface area (Å²) >= 11 is 0. The summed E-state index contributed by atoms with van der Waals surface area (Å²) in [6, 6.07) is 0.571. The number of cyclic esters (lactones) is 1. The van der Waals surface area contributed by atoms with Gasteiger partial charge in [0.05, 0.1) is 17.8 Å². The van der Waals surface area contributed by atoms with E-state index in [-0.39, 0.29) is 29.3 Å². The van der Waals surface area contributed by atoms with Crippen molar-refractivity contribution in [3.63, 3.8) is 0 Å². The predicted octanol–water partition coefficient (Wildman–Crippen LogP) is 2.65. The molecule has 10 atom stereocenters. The molecule has 4 aliphatic carbocycles. The lowest BCUT2D eigenvalue weighted by Crippen LogP contribution is -2.67. The number of aliphatic hydroxyl groups excluding tert-OH is 2. The third kappa shape index (κ3) is 3.03. The summed E-state index contributed by atoms with van der Waals surface area (Å²) in [5.41, 5.74) is -0.403. The number of ether oxygens (including phenoxy) is 1. The number of aliphatic hydroxyl groups is 3. The molecule has 0 radical (unpaired) electrons. The molecule has 0 amide bonds. The van der Waals surface area contributed by atoms with Crippen LogP contribution in [0.4, 0.5) is 0 Å². The average molecular weight is 460 g/mol. The second kappa shape index (κ2) is 7.52. The molecule has 6 rings (SSSR count). The van der Waals surface area contributed by atoms with Crippen molar-refractivity contribution in [3.8, 4) is 0 Å². The van der Waals surface area contributed by atoms with E-state index in [9.17, 15) is 20.1 Å². The van der Waals surface area contributed by atoms with Gasteiger partial charge in [-0.25, -0.2) is 4.79 Å². The highest BCUT2D eigenvalue weighted by Crippen LogP contribution is 2.70. The van der Waals surface area contributed by atoms with E-state index in [0.29, 0.717) is 30.9 Å². The fourth-order valence-electron chi connectivity index (χ4n) is 9.80. The summed E-state index contributed by atoms with van der Waals surface area (Å²) < 4.78 is 5.21. The van der Waals surface area contributed by atoms with E-state index in [1.165, 1.54) is 6.42 Å². The minimum Gasteiger partial charge on any atom is -0.458 e. The lowest BCUT2D eigenvalue weighted by molar-refractivity contribution is -0.244. The number of rotatable bonds is 2. The first kappa shape index (κ1) is 22.5. The zero-order chi connectivity index (χ0) is 23.2. The molecule has 1 unspecified atom stereocenters. The van der Waals surface area contributed by atoms with Crippen LogP contribution in [0.5, 0.6) is 0 Å². The minimum absolute atomic E-state index is 0.00719. The molecule has 184 valence electrons. The zero-order valence-corrected chi connectivity index (χ0v) is 20.2. The van der Waals surface area contributed by atoms with Crippen molar-refractivity contribution in [1.29, 1.82) is 0 Å². The Bertz CT molecular complexity index is 859. The van der Waals surface area contributed by atoms with Crippen molar-refractivity contribution in [2.75, 3.05) is 19.7 Å². The monoisotopic (exact) mass is 459 g/mol. The molecule has 0 aromatic heterocycles. The van der Waals surface area contributed by atoms with Gasteiger partial charge in [0.25, 0.3) is 0 Å². The number of hydrogen-bond acceptors (Lipinski definition) is 6. The first-order valence-corrected chi connectivity index (χ1v) is 13.4. The first-order valence-electron chi connectivity index (χ1n) is 13.4. The maximum absolute atomic E-state index is 12.3. The van der Waals surface area contributed by atoms with Gasteiger partial charge in [-0.05, 0) is 92.4 Å².